The van der Waals surface area contributed by atoms with Crippen LogP contribution < -0.4 is 0 Å². The lowest BCUT2D eigenvalue weighted by molar-refractivity contribution is 0.167. The van der Waals surface area contributed by atoms with Crippen LogP contribution in [0.5, 0.6) is 0 Å². The Morgan fingerprint density at radius 1 is 1.37 bits per heavy atom. The zero-order chi connectivity index (χ0) is 13.1. The van der Waals surface area contributed by atoms with Crippen LogP contribution in [0.3, 0.4) is 0 Å². The van der Waals surface area contributed by atoms with Crippen molar-refractivity contribution in [1.29, 1.82) is 0 Å². The van der Waals surface area contributed by atoms with E-state index in [1.807, 2.05) is 6.20 Å². The van der Waals surface area contributed by atoms with Crippen molar-refractivity contribution < 1.29 is 4.74 Å². The quantitative estimate of drug-likeness (QED) is 0.893. The van der Waals surface area contributed by atoms with Gasteiger partial charge in [-0.1, -0.05) is 13.0 Å². The number of hydrogen-bond acceptors (Lipinski definition) is 2. The third-order valence-corrected chi connectivity index (χ3v) is 4.01. The molecule has 0 amide bonds. The highest BCUT2D eigenvalue weighted by Crippen LogP contribution is 2.18. The molecule has 3 heteroatoms. The van der Waals surface area contributed by atoms with Gasteiger partial charge < -0.3 is 9.72 Å². The van der Waals surface area contributed by atoms with E-state index in [1.165, 1.54) is 22.9 Å². The van der Waals surface area contributed by atoms with Gasteiger partial charge in [0.1, 0.15) is 0 Å². The summed E-state index contributed by atoms with van der Waals surface area (Å²) < 4.78 is 5.47. The molecule has 2 aromatic rings. The molecule has 1 N–H and O–H groups in total. The lowest BCUT2D eigenvalue weighted by Crippen LogP contribution is -2.29. The molecule has 1 aliphatic rings. The zero-order valence-electron chi connectivity index (χ0n) is 11.6. The smallest absolute Gasteiger partial charge is 0.0507 e. The number of rotatable bonds is 5. The van der Waals surface area contributed by atoms with Gasteiger partial charge in [0, 0.05) is 31.4 Å². The average molecular weight is 258 g/mol. The highest BCUT2D eigenvalue weighted by Gasteiger charge is 2.18. The van der Waals surface area contributed by atoms with Crippen LogP contribution in [-0.4, -0.2) is 36.2 Å². The molecule has 102 valence electrons. The van der Waals surface area contributed by atoms with Crippen LogP contribution in [-0.2, 0) is 11.3 Å². The number of aromatic amines is 1. The predicted molar refractivity (Wildman–Crippen MR) is 78.2 cm³/mol. The molecule has 0 bridgehead atoms. The molecule has 1 atom stereocenters. The molecular formula is C16H22N2O. The summed E-state index contributed by atoms with van der Waals surface area (Å²) >= 11 is 0. The van der Waals surface area contributed by atoms with Crippen LogP contribution in [0.2, 0.25) is 0 Å². The lowest BCUT2D eigenvalue weighted by Gasteiger charge is -2.23. The molecule has 1 aliphatic heterocycles. The van der Waals surface area contributed by atoms with Gasteiger partial charge >= 0.3 is 0 Å². The number of fused-ring (bicyclic) bond motifs is 1. The second-order valence-electron chi connectivity index (χ2n) is 5.46. The van der Waals surface area contributed by atoms with E-state index >= 15 is 0 Å². The highest BCUT2D eigenvalue weighted by atomic mass is 16.5. The molecule has 3 nitrogen and oxygen atoms in total. The van der Waals surface area contributed by atoms with E-state index in [9.17, 15) is 0 Å². The molecule has 19 heavy (non-hydrogen) atoms. The Morgan fingerprint density at radius 2 is 2.32 bits per heavy atom. The average Bonchev–Trinajstić information content (AvgIpc) is 3.08. The number of benzene rings is 1. The third-order valence-electron chi connectivity index (χ3n) is 4.01. The van der Waals surface area contributed by atoms with Crippen LogP contribution >= 0.6 is 0 Å². The summed E-state index contributed by atoms with van der Waals surface area (Å²) in [4.78, 5) is 5.76. The third kappa shape index (κ3) is 2.99. The van der Waals surface area contributed by atoms with Gasteiger partial charge in [0.25, 0.3) is 0 Å². The maximum absolute atomic E-state index is 5.47. The van der Waals surface area contributed by atoms with Gasteiger partial charge in [-0.05, 0) is 48.0 Å². The topological polar surface area (TPSA) is 28.3 Å². The summed E-state index contributed by atoms with van der Waals surface area (Å²) in [5, 5.41) is 1.30. The van der Waals surface area contributed by atoms with Crippen molar-refractivity contribution in [1.82, 2.24) is 9.88 Å². The molecular weight excluding hydrogens is 236 g/mol. The molecule has 1 aromatic carbocycles. The molecule has 0 radical (unpaired) electrons. The molecule has 3 rings (SSSR count). The van der Waals surface area contributed by atoms with E-state index in [4.69, 9.17) is 4.74 Å². The maximum atomic E-state index is 5.47. The molecule has 1 aromatic heterocycles. The van der Waals surface area contributed by atoms with Crippen molar-refractivity contribution in [2.75, 3.05) is 26.3 Å². The van der Waals surface area contributed by atoms with Gasteiger partial charge in [-0.25, -0.2) is 0 Å². The van der Waals surface area contributed by atoms with E-state index in [1.54, 1.807) is 0 Å². The number of ether oxygens (including phenoxy) is 1. The number of nitrogens with one attached hydrogen (secondary N) is 1. The summed E-state index contributed by atoms with van der Waals surface area (Å²) in [7, 11) is 0. The Bertz CT molecular complexity index is 528. The van der Waals surface area contributed by atoms with Crippen LogP contribution in [0.1, 0.15) is 18.9 Å². The van der Waals surface area contributed by atoms with E-state index < -0.39 is 0 Å². The first-order valence-corrected chi connectivity index (χ1v) is 7.21. The minimum atomic E-state index is 0.718. The van der Waals surface area contributed by atoms with Crippen molar-refractivity contribution in [2.24, 2.45) is 5.92 Å². The second kappa shape index (κ2) is 5.76. The molecule has 1 unspecified atom stereocenters. The highest BCUT2D eigenvalue weighted by molar-refractivity contribution is 5.79. The second-order valence-corrected chi connectivity index (χ2v) is 5.46. The largest absolute Gasteiger partial charge is 0.381 e. The summed E-state index contributed by atoms with van der Waals surface area (Å²) in [6.45, 7) is 7.41. The van der Waals surface area contributed by atoms with E-state index in [-0.39, 0.29) is 0 Å². The number of nitrogens with zero attached hydrogens (tertiary/aromatic N) is 1. The van der Waals surface area contributed by atoms with Gasteiger partial charge in [0.15, 0.2) is 0 Å². The fourth-order valence-corrected chi connectivity index (χ4v) is 2.86. The van der Waals surface area contributed by atoms with Gasteiger partial charge in [-0.15, -0.1) is 0 Å². The van der Waals surface area contributed by atoms with Crippen molar-refractivity contribution >= 4 is 10.9 Å². The minimum absolute atomic E-state index is 0.718. The summed E-state index contributed by atoms with van der Waals surface area (Å²) in [6.07, 6.45) is 3.22. The molecule has 2 heterocycles. The first kappa shape index (κ1) is 12.7. The van der Waals surface area contributed by atoms with E-state index in [0.717, 1.165) is 38.8 Å². The normalized spacial score (nSPS) is 19.6. The van der Waals surface area contributed by atoms with Gasteiger partial charge in [0.2, 0.25) is 0 Å². The standard InChI is InChI=1S/C16H22N2O/c1-2-18(11-14-6-8-19-12-14)10-13-3-4-16-15(9-13)5-7-17-16/h3-5,7,9,14,17H,2,6,8,10-12H2,1H3. The number of aromatic nitrogens is 1. The van der Waals surface area contributed by atoms with Gasteiger partial charge in [-0.2, -0.15) is 0 Å². The van der Waals surface area contributed by atoms with Crippen molar-refractivity contribution in [3.05, 3.63) is 36.0 Å². The molecule has 1 fully saturated rings. The molecule has 1 saturated heterocycles. The Hall–Kier alpha value is -1.32. The summed E-state index contributed by atoms with van der Waals surface area (Å²) in [5.41, 5.74) is 2.61. The minimum Gasteiger partial charge on any atom is -0.381 e. The van der Waals surface area contributed by atoms with Gasteiger partial charge in [0.05, 0.1) is 6.61 Å². The number of hydrogen-bond donors (Lipinski definition) is 1. The SMILES string of the molecule is CCN(Cc1ccc2[nH]ccc2c1)CC1CCOC1. The van der Waals surface area contributed by atoms with E-state index in [2.05, 4.69) is 41.1 Å². The Kier molecular flexibility index (Phi) is 3.85. The first-order chi connectivity index (χ1) is 9.35. The Balaban J connectivity index is 1.66. The Morgan fingerprint density at radius 3 is 3.11 bits per heavy atom. The van der Waals surface area contributed by atoms with Crippen molar-refractivity contribution in [3.63, 3.8) is 0 Å². The van der Waals surface area contributed by atoms with Crippen molar-refractivity contribution in [3.8, 4) is 0 Å². The fourth-order valence-electron chi connectivity index (χ4n) is 2.86. The predicted octanol–water partition coefficient (Wildman–Crippen LogP) is 3.03. The zero-order valence-corrected chi connectivity index (χ0v) is 11.6. The summed E-state index contributed by atoms with van der Waals surface area (Å²) in [5.74, 6) is 0.718. The van der Waals surface area contributed by atoms with Crippen LogP contribution in [0.4, 0.5) is 0 Å². The fraction of sp³-hybridized carbons (Fsp3) is 0.500. The molecule has 0 aliphatic carbocycles. The van der Waals surface area contributed by atoms with Crippen molar-refractivity contribution in [2.45, 2.75) is 19.9 Å². The molecule has 0 saturated carbocycles. The monoisotopic (exact) mass is 258 g/mol. The van der Waals surface area contributed by atoms with Crippen LogP contribution in [0.15, 0.2) is 30.5 Å². The van der Waals surface area contributed by atoms with Gasteiger partial charge in [-0.3, -0.25) is 4.90 Å². The molecule has 0 spiro atoms. The first-order valence-electron chi connectivity index (χ1n) is 7.21. The Labute approximate surface area is 114 Å². The maximum Gasteiger partial charge on any atom is 0.0507 e. The number of H-pyrrole nitrogens is 1. The van der Waals surface area contributed by atoms with E-state index in [0.29, 0.717) is 0 Å². The summed E-state index contributed by atoms with van der Waals surface area (Å²) in [6, 6.07) is 8.84. The lowest BCUT2D eigenvalue weighted by atomic mass is 10.1. The van der Waals surface area contributed by atoms with Crippen LogP contribution in [0.25, 0.3) is 10.9 Å². The van der Waals surface area contributed by atoms with Crippen LogP contribution in [0, 0.1) is 5.92 Å².